The van der Waals surface area contributed by atoms with Gasteiger partial charge < -0.3 is 20.0 Å². The minimum Gasteiger partial charge on any atom is -0.472 e. The van der Waals surface area contributed by atoms with Gasteiger partial charge in [0.25, 0.3) is 5.91 Å². The Morgan fingerprint density at radius 1 is 1.15 bits per heavy atom. The van der Waals surface area contributed by atoms with Gasteiger partial charge in [-0.05, 0) is 49.4 Å². The van der Waals surface area contributed by atoms with Gasteiger partial charge in [-0.25, -0.2) is 4.98 Å². The number of hydrogen-bond acceptors (Lipinski definition) is 5. The van der Waals surface area contributed by atoms with E-state index < -0.39 is 0 Å². The molecule has 33 heavy (non-hydrogen) atoms. The molecular weight excluding hydrogens is 432 g/mol. The van der Waals surface area contributed by atoms with Gasteiger partial charge in [-0.1, -0.05) is 30.3 Å². The van der Waals surface area contributed by atoms with E-state index in [9.17, 15) is 4.79 Å². The second-order valence-electron chi connectivity index (χ2n) is 7.90. The number of likely N-dealkylation sites (N-methyl/N-ethyl adjacent to an activating group) is 1. The van der Waals surface area contributed by atoms with Gasteiger partial charge in [-0.3, -0.25) is 4.79 Å². The molecule has 1 aromatic carbocycles. The van der Waals surface area contributed by atoms with E-state index in [1.54, 1.807) is 18.7 Å². The molecule has 1 unspecified atom stereocenters. The standard InChI is InChI=1S/C26H24N4O2S/c1-27-15-19(13-17-5-3-2-4-6-17)29-26(31)24-8-7-23(33-24)20-9-11-28-25-21(20)14-22(30-25)18-10-12-32-16-18/h2-12,14,16,19,27H,13,15H2,1H3,(H,28,30)(H,29,31). The first-order chi connectivity index (χ1) is 16.2. The van der Waals surface area contributed by atoms with Gasteiger partial charge in [0.05, 0.1) is 23.1 Å². The summed E-state index contributed by atoms with van der Waals surface area (Å²) >= 11 is 1.49. The number of fused-ring (bicyclic) bond motifs is 1. The number of rotatable bonds is 8. The van der Waals surface area contributed by atoms with E-state index in [-0.39, 0.29) is 11.9 Å². The Morgan fingerprint density at radius 2 is 2.03 bits per heavy atom. The molecule has 5 aromatic rings. The number of nitrogens with zero attached hydrogens (tertiary/aromatic N) is 1. The van der Waals surface area contributed by atoms with Gasteiger partial charge >= 0.3 is 0 Å². The second-order valence-corrected chi connectivity index (χ2v) is 8.98. The number of hydrogen-bond donors (Lipinski definition) is 3. The SMILES string of the molecule is CNCC(Cc1ccccc1)NC(=O)c1ccc(-c2ccnc3[nH]c(-c4ccoc4)cc23)s1. The number of carbonyl (C=O) groups excluding carboxylic acids is 1. The molecule has 0 saturated carbocycles. The zero-order valence-corrected chi connectivity index (χ0v) is 19.0. The number of aromatic amines is 1. The van der Waals surface area contributed by atoms with Crippen molar-refractivity contribution < 1.29 is 9.21 Å². The zero-order chi connectivity index (χ0) is 22.6. The summed E-state index contributed by atoms with van der Waals surface area (Å²) in [5, 5.41) is 7.38. The van der Waals surface area contributed by atoms with Crippen molar-refractivity contribution in [2.75, 3.05) is 13.6 Å². The average Bonchev–Trinajstić information content (AvgIpc) is 3.60. The molecule has 0 saturated heterocycles. The molecule has 4 aromatic heterocycles. The van der Waals surface area contributed by atoms with Crippen molar-refractivity contribution >= 4 is 28.3 Å². The zero-order valence-electron chi connectivity index (χ0n) is 18.2. The number of furan rings is 1. The van der Waals surface area contributed by atoms with Crippen LogP contribution in [0.3, 0.4) is 0 Å². The number of carbonyl (C=O) groups is 1. The Bertz CT molecular complexity index is 1360. The molecule has 5 rings (SSSR count). The third-order valence-electron chi connectivity index (χ3n) is 5.57. The lowest BCUT2D eigenvalue weighted by molar-refractivity contribution is 0.0941. The summed E-state index contributed by atoms with van der Waals surface area (Å²) in [7, 11) is 1.90. The molecular formula is C26H24N4O2S. The van der Waals surface area contributed by atoms with E-state index in [4.69, 9.17) is 4.42 Å². The van der Waals surface area contributed by atoms with Crippen molar-refractivity contribution in [1.29, 1.82) is 0 Å². The van der Waals surface area contributed by atoms with Crippen LogP contribution < -0.4 is 10.6 Å². The lowest BCUT2D eigenvalue weighted by atomic mass is 10.1. The molecule has 1 atom stereocenters. The molecule has 4 heterocycles. The maximum Gasteiger partial charge on any atom is 0.261 e. The van der Waals surface area contributed by atoms with Crippen molar-refractivity contribution in [2.45, 2.75) is 12.5 Å². The van der Waals surface area contributed by atoms with Crippen molar-refractivity contribution in [3.63, 3.8) is 0 Å². The fraction of sp³-hybridized carbons (Fsp3) is 0.154. The van der Waals surface area contributed by atoms with Gasteiger partial charge in [0.1, 0.15) is 5.65 Å². The smallest absolute Gasteiger partial charge is 0.261 e. The molecule has 1 amide bonds. The number of benzene rings is 1. The highest BCUT2D eigenvalue weighted by Gasteiger charge is 2.17. The third kappa shape index (κ3) is 4.60. The van der Waals surface area contributed by atoms with Crippen molar-refractivity contribution in [3.05, 3.63) is 89.8 Å². The molecule has 3 N–H and O–H groups in total. The Morgan fingerprint density at radius 3 is 2.82 bits per heavy atom. The molecule has 0 spiro atoms. The van der Waals surface area contributed by atoms with Crippen LogP contribution in [0.15, 0.2) is 83.8 Å². The highest BCUT2D eigenvalue weighted by atomic mass is 32.1. The van der Waals surface area contributed by atoms with Gasteiger partial charge in [-0.15, -0.1) is 11.3 Å². The average molecular weight is 457 g/mol. The number of amides is 1. The van der Waals surface area contributed by atoms with Crippen molar-refractivity contribution in [2.24, 2.45) is 0 Å². The van der Waals surface area contributed by atoms with Crippen LogP contribution in [0.1, 0.15) is 15.2 Å². The number of pyridine rings is 1. The first-order valence-electron chi connectivity index (χ1n) is 10.8. The molecule has 0 fully saturated rings. The summed E-state index contributed by atoms with van der Waals surface area (Å²) in [6.07, 6.45) is 5.92. The molecule has 0 aliphatic heterocycles. The van der Waals surface area contributed by atoms with Gasteiger partial charge in [-0.2, -0.15) is 0 Å². The minimum atomic E-state index is -0.0547. The number of nitrogens with one attached hydrogen (secondary N) is 3. The quantitative estimate of drug-likeness (QED) is 0.303. The lowest BCUT2D eigenvalue weighted by Gasteiger charge is -2.18. The summed E-state index contributed by atoms with van der Waals surface area (Å²) in [4.78, 5) is 22.6. The van der Waals surface area contributed by atoms with Gasteiger partial charge in [0, 0.05) is 40.2 Å². The summed E-state index contributed by atoms with van der Waals surface area (Å²) in [6, 6.07) is 20.1. The lowest BCUT2D eigenvalue weighted by Crippen LogP contribution is -2.42. The minimum absolute atomic E-state index is 0.00488. The Kier molecular flexibility index (Phi) is 6.06. The molecule has 0 bridgehead atoms. The third-order valence-corrected chi connectivity index (χ3v) is 6.69. The van der Waals surface area contributed by atoms with E-state index in [0.717, 1.165) is 39.2 Å². The van der Waals surface area contributed by atoms with Crippen LogP contribution in [0.25, 0.3) is 32.7 Å². The fourth-order valence-electron chi connectivity index (χ4n) is 4.00. The van der Waals surface area contributed by atoms with Crippen LogP contribution in [0, 0.1) is 0 Å². The molecule has 7 heteroatoms. The summed E-state index contributed by atoms with van der Waals surface area (Å²) in [5.41, 5.74) is 4.97. The van der Waals surface area contributed by atoms with Crippen LogP contribution >= 0.6 is 11.3 Å². The van der Waals surface area contributed by atoms with Crippen LogP contribution in [0.5, 0.6) is 0 Å². The maximum atomic E-state index is 13.0. The van der Waals surface area contributed by atoms with Crippen molar-refractivity contribution in [3.8, 4) is 21.7 Å². The normalized spacial score (nSPS) is 12.2. The van der Waals surface area contributed by atoms with Crippen LogP contribution in [0.2, 0.25) is 0 Å². The molecule has 0 aliphatic rings. The molecule has 0 radical (unpaired) electrons. The first kappa shape index (κ1) is 21.2. The van der Waals surface area contributed by atoms with E-state index in [1.807, 2.05) is 49.5 Å². The van der Waals surface area contributed by atoms with Gasteiger partial charge in [0.2, 0.25) is 0 Å². The second kappa shape index (κ2) is 9.44. The van der Waals surface area contributed by atoms with E-state index in [0.29, 0.717) is 11.4 Å². The number of aromatic nitrogens is 2. The Hall–Kier alpha value is -3.68. The molecule has 166 valence electrons. The highest BCUT2D eigenvalue weighted by Crippen LogP contribution is 2.35. The van der Waals surface area contributed by atoms with Crippen LogP contribution in [-0.2, 0) is 6.42 Å². The van der Waals surface area contributed by atoms with E-state index in [1.165, 1.54) is 16.9 Å². The van der Waals surface area contributed by atoms with E-state index in [2.05, 4.69) is 38.8 Å². The maximum absolute atomic E-state index is 13.0. The van der Waals surface area contributed by atoms with E-state index >= 15 is 0 Å². The summed E-state index contributed by atoms with van der Waals surface area (Å²) in [5.74, 6) is -0.0547. The monoisotopic (exact) mass is 456 g/mol. The molecule has 0 aliphatic carbocycles. The predicted octanol–water partition coefficient (Wildman–Crippen LogP) is 5.11. The number of thiophene rings is 1. The predicted molar refractivity (Wildman–Crippen MR) is 132 cm³/mol. The number of H-pyrrole nitrogens is 1. The Balaban J connectivity index is 1.37. The largest absolute Gasteiger partial charge is 0.472 e. The fourth-order valence-corrected chi connectivity index (χ4v) is 4.94. The van der Waals surface area contributed by atoms with Crippen LogP contribution in [-0.4, -0.2) is 35.5 Å². The molecule has 6 nitrogen and oxygen atoms in total. The van der Waals surface area contributed by atoms with Crippen molar-refractivity contribution in [1.82, 2.24) is 20.6 Å². The Labute approximate surface area is 195 Å². The topological polar surface area (TPSA) is 83.0 Å². The first-order valence-corrected chi connectivity index (χ1v) is 11.6. The van der Waals surface area contributed by atoms with Gasteiger partial charge in [0.15, 0.2) is 0 Å². The summed E-state index contributed by atoms with van der Waals surface area (Å²) in [6.45, 7) is 0.698. The van der Waals surface area contributed by atoms with Crippen LogP contribution in [0.4, 0.5) is 0 Å². The highest BCUT2D eigenvalue weighted by molar-refractivity contribution is 7.17. The summed E-state index contributed by atoms with van der Waals surface area (Å²) < 4.78 is 5.21.